The fraction of sp³-hybridized carbons (Fsp3) is 0.235. The Morgan fingerprint density at radius 3 is 2.67 bits per heavy atom. The van der Waals surface area contributed by atoms with Gasteiger partial charge in [0.1, 0.15) is 5.75 Å². The molecule has 0 radical (unpaired) electrons. The molecule has 1 amide bonds. The summed E-state index contributed by atoms with van der Waals surface area (Å²) in [5.74, 6) is 0.626. The Labute approximate surface area is 133 Å². The summed E-state index contributed by atoms with van der Waals surface area (Å²) in [6.07, 6.45) is 0. The van der Waals surface area contributed by atoms with E-state index in [1.807, 2.05) is 37.3 Å². The second-order valence-corrected chi connectivity index (χ2v) is 5.38. The minimum atomic E-state index is -0.0995. The molecule has 0 aromatic heterocycles. The van der Waals surface area contributed by atoms with Crippen molar-refractivity contribution in [3.05, 3.63) is 64.7 Å². The van der Waals surface area contributed by atoms with Crippen molar-refractivity contribution in [2.75, 3.05) is 7.11 Å². The molecule has 4 heteroatoms. The lowest BCUT2D eigenvalue weighted by molar-refractivity contribution is 0.0950. The number of ether oxygens (including phenoxy) is 1. The molecule has 0 saturated carbocycles. The van der Waals surface area contributed by atoms with E-state index in [-0.39, 0.29) is 5.91 Å². The summed E-state index contributed by atoms with van der Waals surface area (Å²) in [5, 5.41) is 3.74. The highest BCUT2D eigenvalue weighted by Crippen LogP contribution is 2.19. The van der Waals surface area contributed by atoms with Crippen LogP contribution in [0.3, 0.4) is 0 Å². The smallest absolute Gasteiger partial charge is 0.251 e. The molecule has 110 valence electrons. The van der Waals surface area contributed by atoms with Crippen molar-refractivity contribution in [3.8, 4) is 5.75 Å². The quantitative estimate of drug-likeness (QED) is 0.834. The minimum Gasteiger partial charge on any atom is -0.496 e. The van der Waals surface area contributed by atoms with E-state index in [1.54, 1.807) is 13.2 Å². The first-order valence-corrected chi connectivity index (χ1v) is 7.83. The molecule has 0 heterocycles. The number of carbonyl (C=O) groups is 1. The van der Waals surface area contributed by atoms with Crippen LogP contribution < -0.4 is 10.1 Å². The molecule has 0 spiro atoms. The van der Waals surface area contributed by atoms with Crippen molar-refractivity contribution < 1.29 is 9.53 Å². The van der Waals surface area contributed by atoms with Gasteiger partial charge in [-0.2, -0.15) is 0 Å². The number of benzene rings is 2. The zero-order valence-corrected chi connectivity index (χ0v) is 13.7. The van der Waals surface area contributed by atoms with E-state index < -0.39 is 0 Å². The lowest BCUT2D eigenvalue weighted by atomic mass is 10.1. The Morgan fingerprint density at radius 1 is 1.19 bits per heavy atom. The molecule has 1 N–H and O–H groups in total. The van der Waals surface area contributed by atoms with Gasteiger partial charge in [-0.05, 0) is 35.7 Å². The van der Waals surface area contributed by atoms with Gasteiger partial charge in [-0.3, -0.25) is 4.79 Å². The molecule has 0 unspecified atom stereocenters. The largest absolute Gasteiger partial charge is 0.496 e. The predicted molar refractivity (Wildman–Crippen MR) is 88.0 cm³/mol. The number of carbonyl (C=O) groups excluding carboxylic acids is 1. The number of amides is 1. The van der Waals surface area contributed by atoms with Crippen molar-refractivity contribution in [1.82, 2.24) is 5.32 Å². The highest BCUT2D eigenvalue weighted by atomic mass is 79.9. The molecule has 2 rings (SSSR count). The summed E-state index contributed by atoms with van der Waals surface area (Å²) in [4.78, 5) is 12.2. The van der Waals surface area contributed by atoms with E-state index >= 15 is 0 Å². The Kier molecular flexibility index (Phi) is 5.39. The maximum Gasteiger partial charge on any atom is 0.251 e. The Balaban J connectivity index is 2.04. The number of hydrogen-bond donors (Lipinski definition) is 1. The number of halogens is 1. The van der Waals surface area contributed by atoms with Gasteiger partial charge < -0.3 is 10.1 Å². The van der Waals surface area contributed by atoms with Crippen LogP contribution in [0.4, 0.5) is 0 Å². The summed E-state index contributed by atoms with van der Waals surface area (Å²) in [7, 11) is 1.61. The molecule has 0 atom stereocenters. The van der Waals surface area contributed by atoms with Gasteiger partial charge in [0, 0.05) is 17.4 Å². The third-order valence-electron chi connectivity index (χ3n) is 3.27. The maximum atomic E-state index is 12.2. The highest BCUT2D eigenvalue weighted by Gasteiger charge is 2.08. The molecular weight excluding hydrogens is 330 g/mol. The number of rotatable bonds is 5. The van der Waals surface area contributed by atoms with E-state index in [2.05, 4.69) is 27.3 Å². The Morgan fingerprint density at radius 2 is 1.95 bits per heavy atom. The third-order valence-corrected chi connectivity index (χ3v) is 3.92. The fourth-order valence-corrected chi connectivity index (χ4v) is 2.42. The molecule has 0 fully saturated rings. The van der Waals surface area contributed by atoms with E-state index in [4.69, 9.17) is 4.74 Å². The Hall–Kier alpha value is -1.81. The normalized spacial score (nSPS) is 10.2. The maximum absolute atomic E-state index is 12.2. The molecule has 2 aromatic carbocycles. The summed E-state index contributed by atoms with van der Waals surface area (Å²) in [6.45, 7) is 2.46. The van der Waals surface area contributed by atoms with Gasteiger partial charge in [0.05, 0.1) is 7.11 Å². The average Bonchev–Trinajstić information content (AvgIpc) is 2.53. The van der Waals surface area contributed by atoms with E-state index in [0.29, 0.717) is 12.1 Å². The highest BCUT2D eigenvalue weighted by molar-refractivity contribution is 9.08. The SMILES string of the molecule is COc1cc(C(=O)NCc2cccc(CBr)c2)ccc1C. The van der Waals surface area contributed by atoms with Gasteiger partial charge in [0.2, 0.25) is 0 Å². The summed E-state index contributed by atoms with van der Waals surface area (Å²) < 4.78 is 5.24. The Bertz CT molecular complexity index is 640. The van der Waals surface area contributed by atoms with Crippen LogP contribution in [-0.2, 0) is 11.9 Å². The number of nitrogens with one attached hydrogen (secondary N) is 1. The van der Waals surface area contributed by atoms with E-state index in [1.165, 1.54) is 5.56 Å². The lowest BCUT2D eigenvalue weighted by Crippen LogP contribution is -2.22. The minimum absolute atomic E-state index is 0.0995. The zero-order valence-electron chi connectivity index (χ0n) is 12.2. The van der Waals surface area contributed by atoms with Crippen LogP contribution >= 0.6 is 15.9 Å². The van der Waals surface area contributed by atoms with Gasteiger partial charge in [-0.1, -0.05) is 46.3 Å². The molecule has 0 bridgehead atoms. The van der Waals surface area contributed by atoms with Gasteiger partial charge in [0.15, 0.2) is 0 Å². The summed E-state index contributed by atoms with van der Waals surface area (Å²) in [6, 6.07) is 13.6. The zero-order chi connectivity index (χ0) is 15.2. The van der Waals surface area contributed by atoms with Crippen molar-refractivity contribution in [2.45, 2.75) is 18.8 Å². The van der Waals surface area contributed by atoms with Gasteiger partial charge in [-0.15, -0.1) is 0 Å². The van der Waals surface area contributed by atoms with Crippen molar-refractivity contribution in [1.29, 1.82) is 0 Å². The van der Waals surface area contributed by atoms with Crippen LogP contribution in [0, 0.1) is 6.92 Å². The second-order valence-electron chi connectivity index (χ2n) is 4.82. The number of hydrogen-bond acceptors (Lipinski definition) is 2. The first-order valence-electron chi connectivity index (χ1n) is 6.70. The first-order chi connectivity index (χ1) is 10.1. The summed E-state index contributed by atoms with van der Waals surface area (Å²) in [5.41, 5.74) is 3.89. The average molecular weight is 348 g/mol. The second kappa shape index (κ2) is 7.27. The van der Waals surface area contributed by atoms with Gasteiger partial charge >= 0.3 is 0 Å². The fourth-order valence-electron chi connectivity index (χ4n) is 2.07. The molecule has 0 aliphatic heterocycles. The predicted octanol–water partition coefficient (Wildman–Crippen LogP) is 3.83. The van der Waals surface area contributed by atoms with Gasteiger partial charge in [0.25, 0.3) is 5.91 Å². The number of alkyl halides is 1. The van der Waals surface area contributed by atoms with Crippen LogP contribution in [0.5, 0.6) is 5.75 Å². The molecule has 0 aliphatic carbocycles. The van der Waals surface area contributed by atoms with Crippen LogP contribution in [-0.4, -0.2) is 13.0 Å². The molecular formula is C17H18BrNO2. The standard InChI is InChI=1S/C17H18BrNO2/c1-12-6-7-15(9-16(12)21-2)17(20)19-11-14-5-3-4-13(8-14)10-18/h3-9H,10-11H2,1-2H3,(H,19,20). The molecule has 2 aromatic rings. The molecule has 0 aliphatic rings. The van der Waals surface area contributed by atoms with E-state index in [0.717, 1.165) is 22.2 Å². The van der Waals surface area contributed by atoms with Crippen LogP contribution in [0.1, 0.15) is 27.0 Å². The van der Waals surface area contributed by atoms with Crippen molar-refractivity contribution >= 4 is 21.8 Å². The van der Waals surface area contributed by atoms with Crippen LogP contribution in [0.25, 0.3) is 0 Å². The van der Waals surface area contributed by atoms with Crippen molar-refractivity contribution in [2.24, 2.45) is 0 Å². The van der Waals surface area contributed by atoms with Crippen LogP contribution in [0.2, 0.25) is 0 Å². The van der Waals surface area contributed by atoms with Crippen molar-refractivity contribution in [3.63, 3.8) is 0 Å². The summed E-state index contributed by atoms with van der Waals surface area (Å²) >= 11 is 3.43. The molecule has 21 heavy (non-hydrogen) atoms. The number of aryl methyl sites for hydroxylation is 1. The third kappa shape index (κ3) is 4.08. The molecule has 3 nitrogen and oxygen atoms in total. The van der Waals surface area contributed by atoms with Crippen LogP contribution in [0.15, 0.2) is 42.5 Å². The van der Waals surface area contributed by atoms with E-state index in [9.17, 15) is 4.79 Å². The van der Waals surface area contributed by atoms with Gasteiger partial charge in [-0.25, -0.2) is 0 Å². The molecule has 0 saturated heterocycles. The number of methoxy groups -OCH3 is 1. The monoisotopic (exact) mass is 347 g/mol. The lowest BCUT2D eigenvalue weighted by Gasteiger charge is -2.09. The topological polar surface area (TPSA) is 38.3 Å². The first kappa shape index (κ1) is 15.6.